The molecule has 1 unspecified atom stereocenters. The summed E-state index contributed by atoms with van der Waals surface area (Å²) in [5.74, 6) is 0.830. The third-order valence-electron chi connectivity index (χ3n) is 3.09. The van der Waals surface area contributed by atoms with Gasteiger partial charge in [0.1, 0.15) is 5.75 Å². The molecule has 0 spiro atoms. The van der Waals surface area contributed by atoms with Crippen LogP contribution in [0.1, 0.15) is 24.5 Å². The first-order valence-electron chi connectivity index (χ1n) is 6.11. The van der Waals surface area contributed by atoms with Crippen LogP contribution in [0, 0.1) is 0 Å². The van der Waals surface area contributed by atoms with E-state index in [1.54, 1.807) is 7.11 Å². The van der Waals surface area contributed by atoms with Gasteiger partial charge >= 0.3 is 0 Å². The van der Waals surface area contributed by atoms with Gasteiger partial charge in [-0.15, -0.1) is 0 Å². The van der Waals surface area contributed by atoms with E-state index in [-0.39, 0.29) is 6.61 Å². The van der Waals surface area contributed by atoms with Crippen LogP contribution >= 0.6 is 0 Å². The van der Waals surface area contributed by atoms with E-state index in [0.29, 0.717) is 12.8 Å². The Labute approximate surface area is 107 Å². The van der Waals surface area contributed by atoms with Gasteiger partial charge in [-0.25, -0.2) is 0 Å². The Bertz CT molecular complexity index is 522. The van der Waals surface area contributed by atoms with E-state index >= 15 is 0 Å². The van der Waals surface area contributed by atoms with E-state index in [4.69, 9.17) is 9.84 Å². The number of fused-ring (bicyclic) bond motifs is 1. The Kier molecular flexibility index (Phi) is 4.18. The van der Waals surface area contributed by atoms with Crippen molar-refractivity contribution in [3.63, 3.8) is 0 Å². The van der Waals surface area contributed by atoms with Crippen molar-refractivity contribution < 1.29 is 14.9 Å². The highest BCUT2D eigenvalue weighted by atomic mass is 16.5. The van der Waals surface area contributed by atoms with Crippen molar-refractivity contribution in [2.24, 2.45) is 0 Å². The number of benzene rings is 2. The molecule has 3 nitrogen and oxygen atoms in total. The number of aliphatic hydroxyl groups excluding tert-OH is 2. The fourth-order valence-corrected chi connectivity index (χ4v) is 2.03. The van der Waals surface area contributed by atoms with Gasteiger partial charge in [0, 0.05) is 6.61 Å². The first-order chi connectivity index (χ1) is 8.74. The molecular formula is C15H18O3. The lowest BCUT2D eigenvalue weighted by atomic mass is 10.0. The fourth-order valence-electron chi connectivity index (χ4n) is 2.03. The van der Waals surface area contributed by atoms with Gasteiger partial charge in [-0.2, -0.15) is 0 Å². The first-order valence-corrected chi connectivity index (χ1v) is 6.11. The summed E-state index contributed by atoms with van der Waals surface area (Å²) >= 11 is 0. The van der Waals surface area contributed by atoms with Crippen molar-refractivity contribution in [2.75, 3.05) is 13.7 Å². The van der Waals surface area contributed by atoms with Gasteiger partial charge < -0.3 is 14.9 Å². The smallest absolute Gasteiger partial charge is 0.119 e. The van der Waals surface area contributed by atoms with Crippen molar-refractivity contribution in [2.45, 2.75) is 18.9 Å². The zero-order valence-electron chi connectivity index (χ0n) is 10.5. The fraction of sp³-hybridized carbons (Fsp3) is 0.333. The van der Waals surface area contributed by atoms with Crippen LogP contribution in [0.5, 0.6) is 5.75 Å². The van der Waals surface area contributed by atoms with Crippen molar-refractivity contribution in [1.29, 1.82) is 0 Å². The number of hydrogen-bond donors (Lipinski definition) is 2. The van der Waals surface area contributed by atoms with Gasteiger partial charge in [0.15, 0.2) is 0 Å². The molecule has 2 rings (SSSR count). The lowest BCUT2D eigenvalue weighted by Crippen LogP contribution is -1.98. The maximum atomic E-state index is 9.98. The summed E-state index contributed by atoms with van der Waals surface area (Å²) in [6.07, 6.45) is 0.684. The SMILES string of the molecule is COc1ccc2cc(C(O)CCCO)ccc2c1. The molecule has 0 aliphatic heterocycles. The highest BCUT2D eigenvalue weighted by Gasteiger charge is 2.07. The van der Waals surface area contributed by atoms with Crippen LogP contribution in [0.3, 0.4) is 0 Å². The maximum Gasteiger partial charge on any atom is 0.119 e. The predicted molar refractivity (Wildman–Crippen MR) is 71.8 cm³/mol. The van der Waals surface area contributed by atoms with Crippen molar-refractivity contribution in [1.82, 2.24) is 0 Å². The van der Waals surface area contributed by atoms with Crippen molar-refractivity contribution >= 4 is 10.8 Å². The second-order valence-corrected chi connectivity index (χ2v) is 4.35. The first kappa shape index (κ1) is 12.9. The molecule has 0 heterocycles. The highest BCUT2D eigenvalue weighted by molar-refractivity contribution is 5.84. The van der Waals surface area contributed by atoms with Crippen molar-refractivity contribution in [3.05, 3.63) is 42.0 Å². The molecule has 3 heteroatoms. The molecule has 2 N–H and O–H groups in total. The molecule has 0 amide bonds. The van der Waals surface area contributed by atoms with E-state index in [1.165, 1.54) is 0 Å². The second-order valence-electron chi connectivity index (χ2n) is 4.35. The quantitative estimate of drug-likeness (QED) is 0.852. The van der Waals surface area contributed by atoms with Gasteiger partial charge in [0.05, 0.1) is 13.2 Å². The summed E-state index contributed by atoms with van der Waals surface area (Å²) in [5.41, 5.74) is 0.890. The lowest BCUT2D eigenvalue weighted by molar-refractivity contribution is 0.152. The minimum Gasteiger partial charge on any atom is -0.497 e. The molecule has 0 bridgehead atoms. The molecule has 0 aliphatic carbocycles. The Balaban J connectivity index is 2.27. The van der Waals surface area contributed by atoms with Crippen LogP contribution in [0.2, 0.25) is 0 Å². The molecule has 0 saturated carbocycles. The van der Waals surface area contributed by atoms with Gasteiger partial charge in [-0.05, 0) is 47.4 Å². The summed E-state index contributed by atoms with van der Waals surface area (Å²) in [6, 6.07) is 11.7. The topological polar surface area (TPSA) is 49.7 Å². The van der Waals surface area contributed by atoms with E-state index in [9.17, 15) is 5.11 Å². The van der Waals surface area contributed by atoms with Crippen LogP contribution in [-0.4, -0.2) is 23.9 Å². The average Bonchev–Trinajstić information content (AvgIpc) is 2.43. The van der Waals surface area contributed by atoms with Crippen LogP contribution in [0.25, 0.3) is 10.8 Å². The number of hydrogen-bond acceptors (Lipinski definition) is 3. The predicted octanol–water partition coefficient (Wildman–Crippen LogP) is 2.65. The Morgan fingerprint density at radius 2 is 1.83 bits per heavy atom. The summed E-state index contributed by atoms with van der Waals surface area (Å²) in [7, 11) is 1.65. The van der Waals surface area contributed by atoms with Crippen LogP contribution in [-0.2, 0) is 0 Å². The van der Waals surface area contributed by atoms with Crippen LogP contribution in [0.15, 0.2) is 36.4 Å². The maximum absolute atomic E-state index is 9.98. The third-order valence-corrected chi connectivity index (χ3v) is 3.09. The monoisotopic (exact) mass is 246 g/mol. The number of rotatable bonds is 5. The lowest BCUT2D eigenvalue weighted by Gasteiger charge is -2.11. The Hall–Kier alpha value is -1.58. The minimum absolute atomic E-state index is 0.113. The summed E-state index contributed by atoms with van der Waals surface area (Å²) in [5, 5.41) is 20.9. The molecule has 0 aliphatic rings. The minimum atomic E-state index is -0.511. The summed E-state index contributed by atoms with van der Waals surface area (Å²) in [4.78, 5) is 0. The number of aliphatic hydroxyl groups is 2. The summed E-state index contributed by atoms with van der Waals surface area (Å²) < 4.78 is 5.18. The van der Waals surface area contributed by atoms with Gasteiger partial charge in [-0.3, -0.25) is 0 Å². The number of ether oxygens (including phenoxy) is 1. The van der Waals surface area contributed by atoms with Crippen LogP contribution in [0.4, 0.5) is 0 Å². The zero-order valence-corrected chi connectivity index (χ0v) is 10.5. The molecule has 96 valence electrons. The second kappa shape index (κ2) is 5.85. The van der Waals surface area contributed by atoms with E-state index < -0.39 is 6.10 Å². The van der Waals surface area contributed by atoms with E-state index in [0.717, 1.165) is 22.1 Å². The molecule has 0 radical (unpaired) electrons. The van der Waals surface area contributed by atoms with Crippen molar-refractivity contribution in [3.8, 4) is 5.75 Å². The molecule has 18 heavy (non-hydrogen) atoms. The zero-order chi connectivity index (χ0) is 13.0. The van der Waals surface area contributed by atoms with Gasteiger partial charge in [-0.1, -0.05) is 18.2 Å². The average molecular weight is 246 g/mol. The number of methoxy groups -OCH3 is 1. The molecule has 1 atom stereocenters. The molecular weight excluding hydrogens is 228 g/mol. The Morgan fingerprint density at radius 3 is 2.56 bits per heavy atom. The summed E-state index contributed by atoms with van der Waals surface area (Å²) in [6.45, 7) is 0.113. The van der Waals surface area contributed by atoms with E-state index in [1.807, 2.05) is 36.4 Å². The molecule has 2 aromatic rings. The van der Waals surface area contributed by atoms with Gasteiger partial charge in [0.25, 0.3) is 0 Å². The molecule has 0 fully saturated rings. The van der Waals surface area contributed by atoms with Gasteiger partial charge in [0.2, 0.25) is 0 Å². The normalized spacial score (nSPS) is 12.6. The standard InChI is InChI=1S/C15H18O3/c1-18-14-7-6-11-9-13(5-4-12(11)10-14)15(17)3-2-8-16/h4-7,9-10,15-17H,2-3,8H2,1H3. The Morgan fingerprint density at radius 1 is 1.11 bits per heavy atom. The molecule has 2 aromatic carbocycles. The molecule has 0 aromatic heterocycles. The van der Waals surface area contributed by atoms with Crippen LogP contribution < -0.4 is 4.74 Å². The third kappa shape index (κ3) is 2.81. The van der Waals surface area contributed by atoms with E-state index in [2.05, 4.69) is 0 Å². The highest BCUT2D eigenvalue weighted by Crippen LogP contribution is 2.25. The molecule has 0 saturated heterocycles. The largest absolute Gasteiger partial charge is 0.497 e.